The van der Waals surface area contributed by atoms with Crippen LogP contribution in [-0.2, 0) is 0 Å². The molecule has 1 aliphatic carbocycles. The van der Waals surface area contributed by atoms with E-state index in [1.165, 1.54) is 10.6 Å². The van der Waals surface area contributed by atoms with Gasteiger partial charge in [-0.2, -0.15) is 0 Å². The minimum absolute atomic E-state index is 0.282. The third kappa shape index (κ3) is 2.85. The number of hydrogen-bond acceptors (Lipinski definition) is 1. The standard InChI is InChI=1S/C19H20NP/c1-19(20,16-10-8-9-11-16)21(17-12-4-2-5-13-17)18-14-6-3-7-15-18/h2-16H,20H2,1H3. The molecule has 1 atom stereocenters. The molecule has 2 heteroatoms. The summed E-state index contributed by atoms with van der Waals surface area (Å²) in [5, 5.41) is 2.36. The monoisotopic (exact) mass is 293 g/mol. The molecule has 0 saturated carbocycles. The van der Waals surface area contributed by atoms with Gasteiger partial charge >= 0.3 is 0 Å². The van der Waals surface area contributed by atoms with Gasteiger partial charge in [0.2, 0.25) is 0 Å². The molecule has 0 aromatic heterocycles. The molecule has 1 aliphatic rings. The molecule has 2 aromatic carbocycles. The minimum atomic E-state index is -0.630. The molecule has 0 amide bonds. The van der Waals surface area contributed by atoms with Crippen molar-refractivity contribution >= 4 is 18.5 Å². The average Bonchev–Trinajstić information content (AvgIpc) is 3.04. The molecule has 0 saturated heterocycles. The van der Waals surface area contributed by atoms with Gasteiger partial charge in [0.1, 0.15) is 0 Å². The predicted molar refractivity (Wildman–Crippen MR) is 93.4 cm³/mol. The maximum absolute atomic E-state index is 6.86. The van der Waals surface area contributed by atoms with Crippen LogP contribution in [0, 0.1) is 5.92 Å². The van der Waals surface area contributed by atoms with E-state index in [1.807, 2.05) is 0 Å². The second-order valence-corrected chi connectivity index (χ2v) is 8.20. The number of hydrogen-bond donors (Lipinski definition) is 1. The Hall–Kier alpha value is -1.69. The highest BCUT2D eigenvalue weighted by Crippen LogP contribution is 2.49. The third-order valence-electron chi connectivity index (χ3n) is 3.93. The fourth-order valence-electron chi connectivity index (χ4n) is 2.83. The van der Waals surface area contributed by atoms with Crippen molar-refractivity contribution in [2.75, 3.05) is 0 Å². The largest absolute Gasteiger partial charge is 0.320 e. The van der Waals surface area contributed by atoms with E-state index in [0.717, 1.165) is 0 Å². The molecule has 0 fully saturated rings. The Kier molecular flexibility index (Phi) is 4.05. The van der Waals surface area contributed by atoms with Crippen LogP contribution in [0.3, 0.4) is 0 Å². The molecular weight excluding hydrogens is 273 g/mol. The molecule has 0 spiro atoms. The number of benzene rings is 2. The van der Waals surface area contributed by atoms with E-state index in [2.05, 4.69) is 91.9 Å². The first-order valence-electron chi connectivity index (χ1n) is 7.24. The van der Waals surface area contributed by atoms with Crippen LogP contribution in [0.4, 0.5) is 0 Å². The first kappa shape index (κ1) is 14.3. The van der Waals surface area contributed by atoms with E-state index < -0.39 is 7.92 Å². The summed E-state index contributed by atoms with van der Waals surface area (Å²) < 4.78 is 0. The average molecular weight is 293 g/mol. The highest BCUT2D eigenvalue weighted by molar-refractivity contribution is 7.74. The van der Waals surface area contributed by atoms with E-state index in [1.54, 1.807) is 0 Å². The lowest BCUT2D eigenvalue weighted by atomic mass is 10.0. The molecule has 3 rings (SSSR count). The minimum Gasteiger partial charge on any atom is -0.320 e. The Balaban J connectivity index is 2.08. The maximum Gasteiger partial charge on any atom is 0.0508 e. The van der Waals surface area contributed by atoms with Crippen LogP contribution in [0.2, 0.25) is 0 Å². The van der Waals surface area contributed by atoms with Crippen molar-refractivity contribution < 1.29 is 0 Å². The SMILES string of the molecule is CC(N)(C1C=CC=C1)P(c1ccccc1)c1ccccc1. The van der Waals surface area contributed by atoms with Crippen LogP contribution >= 0.6 is 7.92 Å². The molecular formula is C19H20NP. The lowest BCUT2D eigenvalue weighted by molar-refractivity contribution is 0.575. The Labute approximate surface area is 127 Å². The summed E-state index contributed by atoms with van der Waals surface area (Å²) in [5.74, 6) is 0.282. The summed E-state index contributed by atoms with van der Waals surface area (Å²) in [4.78, 5) is 0. The molecule has 21 heavy (non-hydrogen) atoms. The Bertz CT molecular complexity index is 592. The number of allylic oxidation sites excluding steroid dienone is 2. The van der Waals surface area contributed by atoms with Crippen LogP contribution in [0.1, 0.15) is 6.92 Å². The van der Waals surface area contributed by atoms with Crippen molar-refractivity contribution in [3.63, 3.8) is 0 Å². The highest BCUT2D eigenvalue weighted by atomic mass is 31.1. The summed E-state index contributed by atoms with van der Waals surface area (Å²) >= 11 is 0. The van der Waals surface area contributed by atoms with Crippen LogP contribution in [0.15, 0.2) is 85.0 Å². The molecule has 0 radical (unpaired) electrons. The second kappa shape index (κ2) is 5.97. The summed E-state index contributed by atoms with van der Waals surface area (Å²) in [5.41, 5.74) is 6.86. The van der Waals surface area contributed by atoms with Crippen molar-refractivity contribution in [2.24, 2.45) is 11.7 Å². The van der Waals surface area contributed by atoms with E-state index in [4.69, 9.17) is 5.73 Å². The fourth-order valence-corrected chi connectivity index (χ4v) is 5.65. The lowest BCUT2D eigenvalue weighted by Gasteiger charge is -2.38. The zero-order chi connectivity index (χ0) is 14.7. The first-order chi connectivity index (χ1) is 10.2. The summed E-state index contributed by atoms with van der Waals surface area (Å²) in [6.45, 7) is 2.18. The van der Waals surface area contributed by atoms with Crippen molar-refractivity contribution in [1.82, 2.24) is 0 Å². The maximum atomic E-state index is 6.86. The van der Waals surface area contributed by atoms with Gasteiger partial charge in [-0.15, -0.1) is 0 Å². The highest BCUT2D eigenvalue weighted by Gasteiger charge is 2.37. The quantitative estimate of drug-likeness (QED) is 0.857. The topological polar surface area (TPSA) is 26.0 Å². The smallest absolute Gasteiger partial charge is 0.0508 e. The van der Waals surface area contributed by atoms with Gasteiger partial charge in [-0.1, -0.05) is 85.0 Å². The normalized spacial score (nSPS) is 17.3. The zero-order valence-corrected chi connectivity index (χ0v) is 13.1. The van der Waals surface area contributed by atoms with E-state index in [0.29, 0.717) is 0 Å². The van der Waals surface area contributed by atoms with E-state index in [9.17, 15) is 0 Å². The molecule has 2 N–H and O–H groups in total. The zero-order valence-electron chi connectivity index (χ0n) is 12.2. The molecule has 1 unspecified atom stereocenters. The van der Waals surface area contributed by atoms with Crippen LogP contribution in [-0.4, -0.2) is 5.28 Å². The molecule has 1 nitrogen and oxygen atoms in total. The summed E-state index contributed by atoms with van der Waals surface area (Å²) in [7, 11) is -0.630. The molecule has 0 bridgehead atoms. The molecule has 0 aliphatic heterocycles. The first-order valence-corrected chi connectivity index (χ1v) is 8.58. The van der Waals surface area contributed by atoms with Gasteiger partial charge in [-0.3, -0.25) is 0 Å². The Morgan fingerprint density at radius 3 is 1.67 bits per heavy atom. The van der Waals surface area contributed by atoms with Gasteiger partial charge < -0.3 is 5.73 Å². The van der Waals surface area contributed by atoms with Crippen molar-refractivity contribution in [2.45, 2.75) is 12.2 Å². The predicted octanol–water partition coefficient (Wildman–Crippen LogP) is 3.54. The molecule has 106 valence electrons. The lowest BCUT2D eigenvalue weighted by Crippen LogP contribution is -2.45. The van der Waals surface area contributed by atoms with Gasteiger partial charge in [0.25, 0.3) is 0 Å². The van der Waals surface area contributed by atoms with E-state index >= 15 is 0 Å². The Morgan fingerprint density at radius 1 is 0.810 bits per heavy atom. The Morgan fingerprint density at radius 2 is 1.24 bits per heavy atom. The van der Waals surface area contributed by atoms with Gasteiger partial charge in [-0.25, -0.2) is 0 Å². The van der Waals surface area contributed by atoms with E-state index in [-0.39, 0.29) is 11.2 Å². The van der Waals surface area contributed by atoms with Crippen LogP contribution in [0.5, 0.6) is 0 Å². The van der Waals surface area contributed by atoms with Crippen molar-refractivity contribution in [3.05, 3.63) is 85.0 Å². The molecule has 2 aromatic rings. The van der Waals surface area contributed by atoms with Crippen molar-refractivity contribution in [1.29, 1.82) is 0 Å². The second-order valence-electron chi connectivity index (χ2n) is 5.53. The van der Waals surface area contributed by atoms with Gasteiger partial charge in [0.15, 0.2) is 0 Å². The summed E-state index contributed by atoms with van der Waals surface area (Å²) in [6.07, 6.45) is 8.61. The van der Waals surface area contributed by atoms with Crippen LogP contribution < -0.4 is 16.3 Å². The van der Waals surface area contributed by atoms with Gasteiger partial charge in [0.05, 0.1) is 5.28 Å². The van der Waals surface area contributed by atoms with Gasteiger partial charge in [0, 0.05) is 5.92 Å². The summed E-state index contributed by atoms with van der Waals surface area (Å²) in [6, 6.07) is 21.3. The van der Waals surface area contributed by atoms with Crippen molar-refractivity contribution in [3.8, 4) is 0 Å². The van der Waals surface area contributed by atoms with Crippen LogP contribution in [0.25, 0.3) is 0 Å². The van der Waals surface area contributed by atoms with Gasteiger partial charge in [-0.05, 0) is 25.5 Å². The number of nitrogens with two attached hydrogens (primary N) is 1. The third-order valence-corrected chi connectivity index (χ3v) is 6.82. The molecule has 0 heterocycles. The fraction of sp³-hybridized carbons (Fsp3) is 0.158. The number of rotatable bonds is 4.